The van der Waals surface area contributed by atoms with Gasteiger partial charge in [-0.3, -0.25) is 9.59 Å². The highest BCUT2D eigenvalue weighted by Gasteiger charge is 2.45. The second kappa shape index (κ2) is 8.67. The Morgan fingerprint density at radius 2 is 1.96 bits per heavy atom. The molecule has 1 atom stereocenters. The highest BCUT2D eigenvalue weighted by molar-refractivity contribution is 5.89. The second-order valence-corrected chi connectivity index (χ2v) is 7.44. The van der Waals surface area contributed by atoms with Crippen molar-refractivity contribution in [2.24, 2.45) is 5.92 Å². The number of hydrogen-bond acceptors (Lipinski definition) is 3. The number of piperidine rings is 1. The molecule has 2 aliphatic heterocycles. The van der Waals surface area contributed by atoms with Gasteiger partial charge in [0.2, 0.25) is 11.8 Å². The lowest BCUT2D eigenvalue weighted by molar-refractivity contribution is -0.144. The number of nitrogens with zero attached hydrogens (tertiary/aromatic N) is 1. The SMILES string of the molecule is CCCNC(=O)[C@@H]1CCCN(C(=O)C2(c3ccccc3)CCOCC2)C1. The molecule has 5 nitrogen and oxygen atoms in total. The molecule has 3 rings (SSSR count). The van der Waals surface area contributed by atoms with E-state index in [0.29, 0.717) is 39.1 Å². The first-order valence-electron chi connectivity index (χ1n) is 9.88. The summed E-state index contributed by atoms with van der Waals surface area (Å²) in [4.78, 5) is 27.9. The number of carbonyl (C=O) groups is 2. The van der Waals surface area contributed by atoms with Gasteiger partial charge in [0, 0.05) is 32.8 Å². The van der Waals surface area contributed by atoms with Crippen LogP contribution >= 0.6 is 0 Å². The number of carbonyl (C=O) groups excluding carboxylic acids is 2. The minimum Gasteiger partial charge on any atom is -0.381 e. The Balaban J connectivity index is 1.77. The largest absolute Gasteiger partial charge is 0.381 e. The molecule has 2 aliphatic rings. The summed E-state index contributed by atoms with van der Waals surface area (Å²) in [5, 5.41) is 2.99. The maximum Gasteiger partial charge on any atom is 0.233 e. The lowest BCUT2D eigenvalue weighted by Crippen LogP contribution is -2.54. The Hall–Kier alpha value is -1.88. The number of ether oxygens (including phenoxy) is 1. The van der Waals surface area contributed by atoms with Crippen molar-refractivity contribution in [3.05, 3.63) is 35.9 Å². The average Bonchev–Trinajstić information content (AvgIpc) is 2.72. The molecule has 2 saturated heterocycles. The van der Waals surface area contributed by atoms with Crippen LogP contribution in [0.4, 0.5) is 0 Å². The van der Waals surface area contributed by atoms with E-state index in [2.05, 4.69) is 17.4 Å². The van der Waals surface area contributed by atoms with Crippen LogP contribution in [-0.2, 0) is 19.7 Å². The quantitative estimate of drug-likeness (QED) is 0.880. The zero-order valence-corrected chi connectivity index (χ0v) is 15.7. The zero-order valence-electron chi connectivity index (χ0n) is 15.7. The van der Waals surface area contributed by atoms with Crippen molar-refractivity contribution in [3.63, 3.8) is 0 Å². The minimum atomic E-state index is -0.513. The third-order valence-corrected chi connectivity index (χ3v) is 5.71. The van der Waals surface area contributed by atoms with Gasteiger partial charge in [-0.2, -0.15) is 0 Å². The average molecular weight is 358 g/mol. The van der Waals surface area contributed by atoms with Crippen molar-refractivity contribution in [2.75, 3.05) is 32.8 Å². The number of hydrogen-bond donors (Lipinski definition) is 1. The van der Waals surface area contributed by atoms with E-state index in [1.54, 1.807) is 0 Å². The van der Waals surface area contributed by atoms with Crippen molar-refractivity contribution in [1.82, 2.24) is 10.2 Å². The Morgan fingerprint density at radius 3 is 2.65 bits per heavy atom. The van der Waals surface area contributed by atoms with Gasteiger partial charge in [0.25, 0.3) is 0 Å². The molecule has 5 heteroatoms. The van der Waals surface area contributed by atoms with E-state index in [4.69, 9.17) is 4.74 Å². The molecule has 0 saturated carbocycles. The Kier molecular flexibility index (Phi) is 6.30. The monoisotopic (exact) mass is 358 g/mol. The standard InChI is InChI=1S/C21H30N2O3/c1-2-12-22-19(24)17-7-6-13-23(16-17)20(25)21(10-14-26-15-11-21)18-8-4-3-5-9-18/h3-5,8-9,17H,2,6-7,10-16H2,1H3,(H,22,24)/t17-/m1/s1. The summed E-state index contributed by atoms with van der Waals surface area (Å²) in [6.07, 6.45) is 4.09. The van der Waals surface area contributed by atoms with E-state index >= 15 is 0 Å². The van der Waals surface area contributed by atoms with Gasteiger partial charge in [-0.15, -0.1) is 0 Å². The molecule has 0 bridgehead atoms. The van der Waals surface area contributed by atoms with Crippen LogP contribution in [0.3, 0.4) is 0 Å². The fraction of sp³-hybridized carbons (Fsp3) is 0.619. The van der Waals surface area contributed by atoms with Gasteiger partial charge in [0.05, 0.1) is 11.3 Å². The van der Waals surface area contributed by atoms with Gasteiger partial charge in [-0.05, 0) is 37.7 Å². The van der Waals surface area contributed by atoms with Crippen molar-refractivity contribution in [2.45, 2.75) is 44.4 Å². The normalized spacial score (nSPS) is 22.7. The van der Waals surface area contributed by atoms with Crippen LogP contribution in [0.2, 0.25) is 0 Å². The number of rotatable bonds is 5. The molecule has 1 N–H and O–H groups in total. The molecule has 26 heavy (non-hydrogen) atoms. The minimum absolute atomic E-state index is 0.0880. The highest BCUT2D eigenvalue weighted by Crippen LogP contribution is 2.37. The number of amides is 2. The zero-order chi connectivity index (χ0) is 18.4. The van der Waals surface area contributed by atoms with Crippen molar-refractivity contribution < 1.29 is 14.3 Å². The Bertz CT molecular complexity index is 611. The van der Waals surface area contributed by atoms with Crippen molar-refractivity contribution in [1.29, 1.82) is 0 Å². The number of nitrogens with one attached hydrogen (secondary N) is 1. The molecule has 2 heterocycles. The summed E-state index contributed by atoms with van der Waals surface area (Å²) in [6, 6.07) is 10.1. The van der Waals surface area contributed by atoms with Crippen LogP contribution in [0.1, 0.15) is 44.6 Å². The molecular formula is C21H30N2O3. The summed E-state index contributed by atoms with van der Waals surface area (Å²) in [5.74, 6) is 0.164. The summed E-state index contributed by atoms with van der Waals surface area (Å²) in [5.41, 5.74) is 0.562. The molecular weight excluding hydrogens is 328 g/mol. The number of benzene rings is 1. The van der Waals surface area contributed by atoms with E-state index in [9.17, 15) is 9.59 Å². The molecule has 142 valence electrons. The van der Waals surface area contributed by atoms with Gasteiger partial charge in [-0.1, -0.05) is 37.3 Å². The first kappa shape index (κ1) is 18.9. The van der Waals surface area contributed by atoms with Crippen LogP contribution in [0.5, 0.6) is 0 Å². The van der Waals surface area contributed by atoms with Crippen LogP contribution in [-0.4, -0.2) is 49.6 Å². The molecule has 2 fully saturated rings. The number of likely N-dealkylation sites (tertiary alicyclic amines) is 1. The van der Waals surface area contributed by atoms with Crippen LogP contribution in [0.25, 0.3) is 0 Å². The maximum atomic E-state index is 13.6. The molecule has 0 unspecified atom stereocenters. The van der Waals surface area contributed by atoms with E-state index in [1.807, 2.05) is 30.0 Å². The molecule has 0 spiro atoms. The topological polar surface area (TPSA) is 58.6 Å². The van der Waals surface area contributed by atoms with Crippen LogP contribution < -0.4 is 5.32 Å². The van der Waals surface area contributed by atoms with E-state index in [1.165, 1.54) is 0 Å². The van der Waals surface area contributed by atoms with E-state index in [-0.39, 0.29) is 17.7 Å². The fourth-order valence-corrected chi connectivity index (χ4v) is 4.17. The van der Waals surface area contributed by atoms with Gasteiger partial charge in [0.1, 0.15) is 0 Å². The predicted molar refractivity (Wildman–Crippen MR) is 101 cm³/mol. The summed E-state index contributed by atoms with van der Waals surface area (Å²) in [6.45, 7) is 5.24. The second-order valence-electron chi connectivity index (χ2n) is 7.44. The van der Waals surface area contributed by atoms with E-state index in [0.717, 1.165) is 31.4 Å². The third-order valence-electron chi connectivity index (χ3n) is 5.71. The first-order valence-corrected chi connectivity index (χ1v) is 9.88. The molecule has 0 aliphatic carbocycles. The fourth-order valence-electron chi connectivity index (χ4n) is 4.17. The highest BCUT2D eigenvalue weighted by atomic mass is 16.5. The predicted octanol–water partition coefficient (Wildman–Crippen LogP) is 2.50. The van der Waals surface area contributed by atoms with Gasteiger partial charge in [-0.25, -0.2) is 0 Å². The lowest BCUT2D eigenvalue weighted by atomic mass is 9.72. The van der Waals surface area contributed by atoms with Crippen molar-refractivity contribution in [3.8, 4) is 0 Å². The maximum absolute atomic E-state index is 13.6. The molecule has 1 aromatic carbocycles. The van der Waals surface area contributed by atoms with Crippen LogP contribution in [0, 0.1) is 5.92 Å². The van der Waals surface area contributed by atoms with Crippen LogP contribution in [0.15, 0.2) is 30.3 Å². The van der Waals surface area contributed by atoms with Gasteiger partial charge in [0.15, 0.2) is 0 Å². The molecule has 2 amide bonds. The van der Waals surface area contributed by atoms with Gasteiger partial charge >= 0.3 is 0 Å². The third kappa shape index (κ3) is 3.93. The molecule has 0 aromatic heterocycles. The van der Waals surface area contributed by atoms with Gasteiger partial charge < -0.3 is 15.0 Å². The first-order chi connectivity index (χ1) is 12.7. The van der Waals surface area contributed by atoms with E-state index < -0.39 is 5.41 Å². The Morgan fingerprint density at radius 1 is 1.23 bits per heavy atom. The van der Waals surface area contributed by atoms with Crippen molar-refractivity contribution >= 4 is 11.8 Å². The lowest BCUT2D eigenvalue weighted by Gasteiger charge is -2.42. The smallest absolute Gasteiger partial charge is 0.233 e. The summed E-state index contributed by atoms with van der Waals surface area (Å²) < 4.78 is 5.55. The summed E-state index contributed by atoms with van der Waals surface area (Å²) in [7, 11) is 0. The summed E-state index contributed by atoms with van der Waals surface area (Å²) >= 11 is 0. The Labute approximate surface area is 156 Å². The molecule has 0 radical (unpaired) electrons. The molecule has 1 aromatic rings.